The largest absolute Gasteiger partial charge is 0.336 e. The highest BCUT2D eigenvalue weighted by Crippen LogP contribution is 2.27. The minimum Gasteiger partial charge on any atom is -0.336 e. The standard InChI is InChI=1S/C11H18N4OS/c1-11(2,3)9-8(17-14-13-9)10(16)15-5-4-7(12)6-15/h7H,4-6,12H2,1-3H3/t7-/m1/s1. The van der Waals surface area contributed by atoms with Gasteiger partial charge in [-0.15, -0.1) is 5.10 Å². The summed E-state index contributed by atoms with van der Waals surface area (Å²) in [4.78, 5) is 14.8. The number of nitrogens with zero attached hydrogens (tertiary/aromatic N) is 3. The maximum atomic E-state index is 12.3. The summed E-state index contributed by atoms with van der Waals surface area (Å²) < 4.78 is 3.91. The fraction of sp³-hybridized carbons (Fsp3) is 0.727. The van der Waals surface area contributed by atoms with Crippen LogP contribution in [0.3, 0.4) is 0 Å². The summed E-state index contributed by atoms with van der Waals surface area (Å²) in [5, 5.41) is 4.09. The lowest BCUT2D eigenvalue weighted by molar-refractivity contribution is 0.0793. The van der Waals surface area contributed by atoms with Gasteiger partial charge in [-0.1, -0.05) is 25.3 Å². The Morgan fingerprint density at radius 3 is 2.76 bits per heavy atom. The maximum absolute atomic E-state index is 12.3. The van der Waals surface area contributed by atoms with Gasteiger partial charge in [-0.3, -0.25) is 4.79 Å². The zero-order valence-electron chi connectivity index (χ0n) is 10.4. The molecule has 2 N–H and O–H groups in total. The van der Waals surface area contributed by atoms with Crippen molar-refractivity contribution in [3.63, 3.8) is 0 Å². The summed E-state index contributed by atoms with van der Waals surface area (Å²) in [6.45, 7) is 7.49. The van der Waals surface area contributed by atoms with Gasteiger partial charge in [-0.2, -0.15) is 0 Å². The number of amides is 1. The molecule has 0 spiro atoms. The molecule has 1 aliphatic rings. The van der Waals surface area contributed by atoms with Gasteiger partial charge in [0.25, 0.3) is 5.91 Å². The van der Waals surface area contributed by atoms with Gasteiger partial charge in [0, 0.05) is 24.5 Å². The Balaban J connectivity index is 2.23. The first-order valence-corrected chi connectivity index (χ1v) is 6.54. The van der Waals surface area contributed by atoms with E-state index in [-0.39, 0.29) is 17.4 Å². The number of hydrogen-bond acceptors (Lipinski definition) is 5. The first kappa shape index (κ1) is 12.4. The lowest BCUT2D eigenvalue weighted by Crippen LogP contribution is -2.32. The summed E-state index contributed by atoms with van der Waals surface area (Å²) in [7, 11) is 0. The van der Waals surface area contributed by atoms with Crippen molar-refractivity contribution in [1.29, 1.82) is 0 Å². The lowest BCUT2D eigenvalue weighted by Gasteiger charge is -2.19. The van der Waals surface area contributed by atoms with Gasteiger partial charge >= 0.3 is 0 Å². The molecule has 0 unspecified atom stereocenters. The van der Waals surface area contributed by atoms with Gasteiger partial charge < -0.3 is 10.6 Å². The molecule has 0 radical (unpaired) electrons. The van der Waals surface area contributed by atoms with Crippen LogP contribution in [0.1, 0.15) is 42.6 Å². The zero-order valence-corrected chi connectivity index (χ0v) is 11.3. The fourth-order valence-corrected chi connectivity index (χ4v) is 2.78. The molecule has 1 amide bonds. The van der Waals surface area contributed by atoms with E-state index in [9.17, 15) is 4.79 Å². The number of hydrogen-bond donors (Lipinski definition) is 1. The number of aromatic nitrogens is 2. The van der Waals surface area contributed by atoms with E-state index in [1.54, 1.807) is 4.90 Å². The van der Waals surface area contributed by atoms with Crippen LogP contribution in [0.25, 0.3) is 0 Å². The molecule has 1 aromatic rings. The van der Waals surface area contributed by atoms with Crippen molar-refractivity contribution in [2.24, 2.45) is 5.73 Å². The van der Waals surface area contributed by atoms with E-state index in [1.807, 2.05) is 20.8 Å². The molecular weight excluding hydrogens is 236 g/mol. The smallest absolute Gasteiger partial charge is 0.267 e. The zero-order chi connectivity index (χ0) is 12.6. The van der Waals surface area contributed by atoms with Gasteiger partial charge in [0.2, 0.25) is 0 Å². The molecule has 17 heavy (non-hydrogen) atoms. The summed E-state index contributed by atoms with van der Waals surface area (Å²) in [6.07, 6.45) is 0.878. The van der Waals surface area contributed by atoms with Gasteiger partial charge in [0.15, 0.2) is 0 Å². The molecule has 5 nitrogen and oxygen atoms in total. The molecule has 1 aromatic heterocycles. The molecule has 1 atom stereocenters. The van der Waals surface area contributed by atoms with Crippen LogP contribution in [-0.2, 0) is 5.41 Å². The molecule has 0 aromatic carbocycles. The van der Waals surface area contributed by atoms with Crippen molar-refractivity contribution in [3.8, 4) is 0 Å². The Labute approximate surface area is 105 Å². The van der Waals surface area contributed by atoms with Crippen LogP contribution in [0.4, 0.5) is 0 Å². The second-order valence-corrected chi connectivity index (χ2v) is 6.25. The highest BCUT2D eigenvalue weighted by atomic mass is 32.1. The monoisotopic (exact) mass is 254 g/mol. The predicted octanol–water partition coefficient (Wildman–Crippen LogP) is 1.01. The highest BCUT2D eigenvalue weighted by Gasteiger charge is 2.31. The fourth-order valence-electron chi connectivity index (χ4n) is 1.94. The molecular formula is C11H18N4OS. The van der Waals surface area contributed by atoms with Gasteiger partial charge in [-0.25, -0.2) is 0 Å². The number of nitrogens with two attached hydrogens (primary N) is 1. The van der Waals surface area contributed by atoms with Gasteiger partial charge in [0.1, 0.15) is 4.88 Å². The molecule has 1 saturated heterocycles. The van der Waals surface area contributed by atoms with E-state index in [2.05, 4.69) is 9.59 Å². The number of carbonyl (C=O) groups excluding carboxylic acids is 1. The number of likely N-dealkylation sites (tertiary alicyclic amines) is 1. The van der Waals surface area contributed by atoms with Gasteiger partial charge in [-0.05, 0) is 18.0 Å². The van der Waals surface area contributed by atoms with E-state index in [0.717, 1.165) is 18.7 Å². The van der Waals surface area contributed by atoms with E-state index in [4.69, 9.17) is 5.73 Å². The van der Waals surface area contributed by atoms with Crippen molar-refractivity contribution in [3.05, 3.63) is 10.6 Å². The molecule has 2 rings (SSSR count). The maximum Gasteiger partial charge on any atom is 0.267 e. The molecule has 0 aliphatic carbocycles. The van der Waals surface area contributed by atoms with Crippen LogP contribution in [0, 0.1) is 0 Å². The molecule has 6 heteroatoms. The van der Waals surface area contributed by atoms with Crippen LogP contribution >= 0.6 is 11.5 Å². The number of rotatable bonds is 1. The van der Waals surface area contributed by atoms with Crippen LogP contribution in [0.15, 0.2) is 0 Å². The third-order valence-corrected chi connectivity index (χ3v) is 3.62. The van der Waals surface area contributed by atoms with Crippen LogP contribution in [0.2, 0.25) is 0 Å². The third kappa shape index (κ3) is 2.47. The Morgan fingerprint density at radius 2 is 2.24 bits per heavy atom. The summed E-state index contributed by atoms with van der Waals surface area (Å²) in [5.41, 5.74) is 6.45. The Bertz CT molecular complexity index is 423. The SMILES string of the molecule is CC(C)(C)c1nnsc1C(=O)N1CC[C@@H](N)C1. The Hall–Kier alpha value is -1.01. The lowest BCUT2D eigenvalue weighted by atomic mass is 9.91. The Kier molecular flexibility index (Phi) is 3.18. The van der Waals surface area contributed by atoms with E-state index < -0.39 is 0 Å². The van der Waals surface area contributed by atoms with Crippen molar-refractivity contribution in [1.82, 2.24) is 14.5 Å². The second-order valence-electron chi connectivity index (χ2n) is 5.50. The van der Waals surface area contributed by atoms with E-state index in [0.29, 0.717) is 11.4 Å². The average molecular weight is 254 g/mol. The normalized spacial score (nSPS) is 20.9. The second kappa shape index (κ2) is 4.34. The van der Waals surface area contributed by atoms with Crippen molar-refractivity contribution >= 4 is 17.4 Å². The summed E-state index contributed by atoms with van der Waals surface area (Å²) >= 11 is 1.18. The minimum absolute atomic E-state index is 0.0258. The molecule has 1 aliphatic heterocycles. The highest BCUT2D eigenvalue weighted by molar-refractivity contribution is 7.08. The van der Waals surface area contributed by atoms with Crippen LogP contribution in [0.5, 0.6) is 0 Å². The number of carbonyl (C=O) groups is 1. The molecule has 2 heterocycles. The Morgan fingerprint density at radius 1 is 1.53 bits per heavy atom. The van der Waals surface area contributed by atoms with E-state index >= 15 is 0 Å². The van der Waals surface area contributed by atoms with Crippen LogP contribution in [-0.4, -0.2) is 39.5 Å². The third-order valence-electron chi connectivity index (χ3n) is 2.90. The quantitative estimate of drug-likeness (QED) is 0.812. The summed E-state index contributed by atoms with van der Waals surface area (Å²) in [5.74, 6) is 0.0258. The first-order valence-electron chi connectivity index (χ1n) is 5.77. The van der Waals surface area contributed by atoms with Crippen molar-refractivity contribution in [2.75, 3.05) is 13.1 Å². The molecule has 0 saturated carbocycles. The molecule has 0 bridgehead atoms. The van der Waals surface area contributed by atoms with E-state index in [1.165, 1.54) is 11.5 Å². The topological polar surface area (TPSA) is 72.1 Å². The minimum atomic E-state index is -0.153. The van der Waals surface area contributed by atoms with Crippen molar-refractivity contribution < 1.29 is 4.79 Å². The summed E-state index contributed by atoms with van der Waals surface area (Å²) in [6, 6.07) is 0.109. The molecule has 94 valence electrons. The van der Waals surface area contributed by atoms with Gasteiger partial charge in [0.05, 0.1) is 5.69 Å². The predicted molar refractivity (Wildman–Crippen MR) is 67.1 cm³/mol. The molecule has 1 fully saturated rings. The van der Waals surface area contributed by atoms with Crippen LogP contribution < -0.4 is 5.73 Å². The first-order chi connectivity index (χ1) is 7.89. The average Bonchev–Trinajstić information content (AvgIpc) is 2.83. The van der Waals surface area contributed by atoms with Crippen molar-refractivity contribution in [2.45, 2.75) is 38.6 Å².